The van der Waals surface area contributed by atoms with Gasteiger partial charge in [0.25, 0.3) is 0 Å². The highest BCUT2D eigenvalue weighted by Crippen LogP contribution is 2.30. The van der Waals surface area contributed by atoms with E-state index in [1.165, 1.54) is 10.4 Å². The van der Waals surface area contributed by atoms with E-state index in [1.807, 2.05) is 0 Å². The van der Waals surface area contributed by atoms with Crippen molar-refractivity contribution in [2.45, 2.75) is 36.8 Å². The molecule has 1 aromatic carbocycles. The topological polar surface area (TPSA) is 83.6 Å². The number of hydrogen-bond donors (Lipinski definition) is 2. The number of β-amino-alcohol motifs (C(OH)–C–C–N with tert-alkyl or cyclic N) is 1. The number of nitrogens with two attached hydrogens (primary N) is 1. The van der Waals surface area contributed by atoms with Gasteiger partial charge in [-0.05, 0) is 37.5 Å². The summed E-state index contributed by atoms with van der Waals surface area (Å²) in [5.74, 6) is 0. The number of piperidine rings is 1. The average molecular weight is 319 g/mol. The average Bonchev–Trinajstić information content (AvgIpc) is 2.37. The first-order valence-electron chi connectivity index (χ1n) is 6.47. The minimum Gasteiger partial charge on any atom is -0.389 e. The van der Waals surface area contributed by atoms with Gasteiger partial charge in [-0.15, -0.1) is 0 Å². The SMILES string of the molecule is CC1(O)CCCN(S(=O)(=O)c2ccc(CN)cc2Cl)C1. The number of sulfonamides is 1. The fourth-order valence-electron chi connectivity index (χ4n) is 2.40. The molecule has 1 atom stereocenters. The van der Waals surface area contributed by atoms with Crippen LogP contribution in [0.4, 0.5) is 0 Å². The Morgan fingerprint density at radius 3 is 2.75 bits per heavy atom. The van der Waals surface area contributed by atoms with Gasteiger partial charge in [0, 0.05) is 19.6 Å². The Hall–Kier alpha value is -0.660. The monoisotopic (exact) mass is 318 g/mol. The van der Waals surface area contributed by atoms with Crippen molar-refractivity contribution in [2.75, 3.05) is 13.1 Å². The highest BCUT2D eigenvalue weighted by molar-refractivity contribution is 7.89. The van der Waals surface area contributed by atoms with Gasteiger partial charge in [0.1, 0.15) is 4.90 Å². The van der Waals surface area contributed by atoms with Gasteiger partial charge in [-0.2, -0.15) is 4.31 Å². The minimum atomic E-state index is -3.69. The maximum Gasteiger partial charge on any atom is 0.244 e. The second-order valence-electron chi connectivity index (χ2n) is 5.41. The van der Waals surface area contributed by atoms with Gasteiger partial charge >= 0.3 is 0 Å². The molecule has 1 saturated heterocycles. The van der Waals surface area contributed by atoms with Gasteiger partial charge in [0.2, 0.25) is 10.0 Å². The van der Waals surface area contributed by atoms with Gasteiger partial charge in [0.05, 0.1) is 10.6 Å². The summed E-state index contributed by atoms with van der Waals surface area (Å²) in [5, 5.41) is 10.2. The van der Waals surface area contributed by atoms with E-state index in [0.717, 1.165) is 5.56 Å². The lowest BCUT2D eigenvalue weighted by Crippen LogP contribution is -2.48. The number of nitrogens with zero attached hydrogens (tertiary/aromatic N) is 1. The Labute approximate surface area is 124 Å². The van der Waals surface area contributed by atoms with E-state index in [1.54, 1.807) is 19.1 Å². The van der Waals surface area contributed by atoms with Gasteiger partial charge in [-0.3, -0.25) is 0 Å². The molecule has 1 aliphatic heterocycles. The first-order valence-corrected chi connectivity index (χ1v) is 8.29. The third-order valence-corrected chi connectivity index (χ3v) is 5.82. The van der Waals surface area contributed by atoms with Crippen LogP contribution >= 0.6 is 11.6 Å². The zero-order valence-electron chi connectivity index (χ0n) is 11.3. The molecule has 0 bridgehead atoms. The maximum absolute atomic E-state index is 12.6. The lowest BCUT2D eigenvalue weighted by molar-refractivity contribution is 0.00940. The molecule has 112 valence electrons. The van der Waals surface area contributed by atoms with Crippen LogP contribution in [-0.4, -0.2) is 36.5 Å². The van der Waals surface area contributed by atoms with E-state index in [2.05, 4.69) is 0 Å². The van der Waals surface area contributed by atoms with Crippen LogP contribution in [0.15, 0.2) is 23.1 Å². The van der Waals surface area contributed by atoms with E-state index >= 15 is 0 Å². The van der Waals surface area contributed by atoms with Crippen molar-refractivity contribution in [3.8, 4) is 0 Å². The Morgan fingerprint density at radius 1 is 1.50 bits per heavy atom. The van der Waals surface area contributed by atoms with E-state index in [0.29, 0.717) is 25.9 Å². The minimum absolute atomic E-state index is 0.0640. The molecule has 0 aliphatic carbocycles. The third-order valence-electron chi connectivity index (χ3n) is 3.49. The third kappa shape index (κ3) is 3.15. The largest absolute Gasteiger partial charge is 0.389 e. The van der Waals surface area contributed by atoms with Crippen LogP contribution in [0.1, 0.15) is 25.3 Å². The Balaban J connectivity index is 2.35. The molecular weight excluding hydrogens is 300 g/mol. The first kappa shape index (κ1) is 15.7. The molecule has 0 saturated carbocycles. The van der Waals surface area contributed by atoms with Crippen molar-refractivity contribution in [1.29, 1.82) is 0 Å². The van der Waals surface area contributed by atoms with Crippen molar-refractivity contribution >= 4 is 21.6 Å². The summed E-state index contributed by atoms with van der Waals surface area (Å²) in [6.07, 6.45) is 1.23. The van der Waals surface area contributed by atoms with Crippen LogP contribution in [0.5, 0.6) is 0 Å². The van der Waals surface area contributed by atoms with E-state index in [9.17, 15) is 13.5 Å². The highest BCUT2D eigenvalue weighted by atomic mass is 35.5. The van der Waals surface area contributed by atoms with Gasteiger partial charge in [-0.25, -0.2) is 8.42 Å². The fraction of sp³-hybridized carbons (Fsp3) is 0.538. The lowest BCUT2D eigenvalue weighted by Gasteiger charge is -2.36. The molecule has 1 unspecified atom stereocenters. The molecule has 0 radical (unpaired) electrons. The number of aliphatic hydroxyl groups is 1. The second kappa shape index (κ2) is 5.61. The quantitative estimate of drug-likeness (QED) is 0.880. The van der Waals surface area contributed by atoms with Crippen molar-refractivity contribution in [3.05, 3.63) is 28.8 Å². The summed E-state index contributed by atoms with van der Waals surface area (Å²) >= 11 is 6.06. The number of benzene rings is 1. The zero-order valence-corrected chi connectivity index (χ0v) is 12.9. The Bertz CT molecular complexity index is 602. The predicted molar refractivity (Wildman–Crippen MR) is 78.0 cm³/mol. The second-order valence-corrected chi connectivity index (χ2v) is 7.72. The molecule has 0 amide bonds. The smallest absolute Gasteiger partial charge is 0.244 e. The maximum atomic E-state index is 12.6. The molecule has 1 aromatic rings. The summed E-state index contributed by atoms with van der Waals surface area (Å²) in [4.78, 5) is 0.0640. The van der Waals surface area contributed by atoms with Crippen LogP contribution in [-0.2, 0) is 16.6 Å². The van der Waals surface area contributed by atoms with Crippen molar-refractivity contribution < 1.29 is 13.5 Å². The van der Waals surface area contributed by atoms with Crippen LogP contribution < -0.4 is 5.73 Å². The molecule has 0 aromatic heterocycles. The van der Waals surface area contributed by atoms with Crippen LogP contribution in [0.25, 0.3) is 0 Å². The molecule has 0 spiro atoms. The number of rotatable bonds is 3. The molecule has 1 heterocycles. The van der Waals surface area contributed by atoms with Crippen LogP contribution in [0.2, 0.25) is 5.02 Å². The van der Waals surface area contributed by atoms with Crippen molar-refractivity contribution in [3.63, 3.8) is 0 Å². The molecule has 5 nitrogen and oxygen atoms in total. The summed E-state index contributed by atoms with van der Waals surface area (Å²) in [6.45, 7) is 2.43. The number of hydrogen-bond acceptors (Lipinski definition) is 4. The Kier molecular flexibility index (Phi) is 4.41. The summed E-state index contributed by atoms with van der Waals surface area (Å²) < 4.78 is 26.5. The van der Waals surface area contributed by atoms with Crippen LogP contribution in [0, 0.1) is 0 Å². The van der Waals surface area contributed by atoms with E-state index in [-0.39, 0.29) is 16.5 Å². The predicted octanol–water partition coefficient (Wildman–Crippen LogP) is 1.33. The van der Waals surface area contributed by atoms with E-state index in [4.69, 9.17) is 17.3 Å². The van der Waals surface area contributed by atoms with E-state index < -0.39 is 15.6 Å². The van der Waals surface area contributed by atoms with Gasteiger partial charge < -0.3 is 10.8 Å². The molecule has 1 fully saturated rings. The van der Waals surface area contributed by atoms with Gasteiger partial charge in [0.15, 0.2) is 0 Å². The first-order chi connectivity index (χ1) is 9.26. The zero-order chi connectivity index (χ0) is 15.0. The fourth-order valence-corrected chi connectivity index (χ4v) is 4.54. The lowest BCUT2D eigenvalue weighted by atomic mass is 9.97. The molecule has 3 N–H and O–H groups in total. The Morgan fingerprint density at radius 2 is 2.20 bits per heavy atom. The number of halogens is 1. The van der Waals surface area contributed by atoms with Crippen molar-refractivity contribution in [1.82, 2.24) is 4.31 Å². The van der Waals surface area contributed by atoms with Crippen molar-refractivity contribution in [2.24, 2.45) is 5.73 Å². The highest BCUT2D eigenvalue weighted by Gasteiger charge is 2.36. The molecular formula is C13H19ClN2O3S. The summed E-state index contributed by atoms with van der Waals surface area (Å²) in [6, 6.07) is 4.70. The van der Waals surface area contributed by atoms with Gasteiger partial charge in [-0.1, -0.05) is 17.7 Å². The summed E-state index contributed by atoms with van der Waals surface area (Å²) in [7, 11) is -3.69. The molecule has 1 aliphatic rings. The summed E-state index contributed by atoms with van der Waals surface area (Å²) in [5.41, 5.74) is 5.29. The van der Waals surface area contributed by atoms with Crippen LogP contribution in [0.3, 0.4) is 0 Å². The molecule has 7 heteroatoms. The molecule has 20 heavy (non-hydrogen) atoms. The molecule has 2 rings (SSSR count). The standard InChI is InChI=1S/C13H19ClN2O3S/c1-13(17)5-2-6-16(9-13)20(18,19)12-4-3-10(8-15)7-11(12)14/h3-4,7,17H,2,5-6,8-9,15H2,1H3. The normalized spacial score (nSPS) is 24.8.